The summed E-state index contributed by atoms with van der Waals surface area (Å²) in [5.74, 6) is -0.0664. The molecule has 0 aliphatic carbocycles. The molecule has 0 bridgehead atoms. The fourth-order valence-corrected chi connectivity index (χ4v) is 5.98. The Morgan fingerprint density at radius 2 is 1.59 bits per heavy atom. The van der Waals surface area contributed by atoms with Crippen molar-refractivity contribution in [1.29, 1.82) is 0 Å². The van der Waals surface area contributed by atoms with Gasteiger partial charge < -0.3 is 4.42 Å². The number of nitrogens with zero attached hydrogens (tertiary/aromatic N) is 3. The highest BCUT2D eigenvalue weighted by Crippen LogP contribution is 2.24. The van der Waals surface area contributed by atoms with E-state index >= 15 is 0 Å². The first-order valence-electron chi connectivity index (χ1n) is 12.7. The molecular formula is C27H36N4O4S2. The van der Waals surface area contributed by atoms with Gasteiger partial charge in [-0.15, -0.1) is 16.9 Å². The topological polar surface area (TPSA) is 105 Å². The summed E-state index contributed by atoms with van der Waals surface area (Å²) < 4.78 is 33.4. The zero-order valence-electron chi connectivity index (χ0n) is 21.9. The van der Waals surface area contributed by atoms with Crippen LogP contribution >= 0.6 is 11.8 Å². The second kappa shape index (κ2) is 13.7. The lowest BCUT2D eigenvalue weighted by molar-refractivity contribution is 0.102. The van der Waals surface area contributed by atoms with Crippen molar-refractivity contribution in [3.63, 3.8) is 0 Å². The van der Waals surface area contributed by atoms with Crippen LogP contribution in [0.5, 0.6) is 0 Å². The van der Waals surface area contributed by atoms with Crippen molar-refractivity contribution in [2.45, 2.75) is 74.8 Å². The van der Waals surface area contributed by atoms with Crippen LogP contribution in [0.4, 0.5) is 6.01 Å². The normalized spacial score (nSPS) is 11.8. The van der Waals surface area contributed by atoms with E-state index in [-0.39, 0.29) is 10.9 Å². The number of benzene rings is 2. The number of sulfonamides is 1. The smallest absolute Gasteiger partial charge is 0.322 e. The van der Waals surface area contributed by atoms with Crippen LogP contribution in [0.2, 0.25) is 0 Å². The van der Waals surface area contributed by atoms with Crippen LogP contribution in [-0.2, 0) is 16.4 Å². The van der Waals surface area contributed by atoms with E-state index in [1.54, 1.807) is 11.8 Å². The van der Waals surface area contributed by atoms with Gasteiger partial charge in [-0.3, -0.25) is 10.1 Å². The summed E-state index contributed by atoms with van der Waals surface area (Å²) in [6.45, 7) is 9.35. The van der Waals surface area contributed by atoms with Crippen LogP contribution in [-0.4, -0.2) is 47.2 Å². The van der Waals surface area contributed by atoms with E-state index in [1.807, 2.05) is 26.0 Å². The van der Waals surface area contributed by atoms with Crippen LogP contribution in [0.3, 0.4) is 0 Å². The zero-order chi connectivity index (χ0) is 26.8. The van der Waals surface area contributed by atoms with Crippen LogP contribution in [0.15, 0.2) is 62.7 Å². The molecule has 0 fully saturated rings. The molecule has 10 heteroatoms. The maximum Gasteiger partial charge on any atom is 0.322 e. The molecule has 0 aliphatic rings. The lowest BCUT2D eigenvalue weighted by atomic mass is 10.1. The van der Waals surface area contributed by atoms with Crippen LogP contribution in [0.1, 0.15) is 75.2 Å². The average Bonchev–Trinajstić information content (AvgIpc) is 3.31. The highest BCUT2D eigenvalue weighted by molar-refractivity contribution is 7.99. The van der Waals surface area contributed by atoms with Gasteiger partial charge in [0.2, 0.25) is 15.9 Å². The third-order valence-corrected chi connectivity index (χ3v) is 8.54. The summed E-state index contributed by atoms with van der Waals surface area (Å²) >= 11 is 1.80. The summed E-state index contributed by atoms with van der Waals surface area (Å²) in [4.78, 5) is 14.1. The summed E-state index contributed by atoms with van der Waals surface area (Å²) in [5.41, 5.74) is 1.32. The first-order valence-corrected chi connectivity index (χ1v) is 15.0. The number of unbranched alkanes of at least 4 members (excludes halogenated alkanes) is 2. The molecule has 0 spiro atoms. The summed E-state index contributed by atoms with van der Waals surface area (Å²) in [6.07, 6.45) is 3.89. The van der Waals surface area contributed by atoms with Crippen molar-refractivity contribution in [3.8, 4) is 0 Å². The predicted molar refractivity (Wildman–Crippen MR) is 148 cm³/mol. The Hall–Kier alpha value is -2.69. The van der Waals surface area contributed by atoms with Gasteiger partial charge in [-0.05, 0) is 54.8 Å². The maximum atomic E-state index is 13.1. The molecule has 1 amide bonds. The number of anilines is 1. The van der Waals surface area contributed by atoms with Gasteiger partial charge in [0.15, 0.2) is 0 Å². The molecule has 1 heterocycles. The van der Waals surface area contributed by atoms with Crippen molar-refractivity contribution in [3.05, 3.63) is 65.5 Å². The fraction of sp³-hybridized carbons (Fsp3) is 0.444. The molecule has 1 aromatic heterocycles. The first-order chi connectivity index (χ1) is 17.7. The van der Waals surface area contributed by atoms with Gasteiger partial charge in [-0.1, -0.05) is 57.8 Å². The largest absolute Gasteiger partial charge is 0.407 e. The van der Waals surface area contributed by atoms with E-state index < -0.39 is 15.9 Å². The van der Waals surface area contributed by atoms with Gasteiger partial charge in [0, 0.05) is 28.8 Å². The Bertz CT molecular complexity index is 1230. The first kappa shape index (κ1) is 28.9. The van der Waals surface area contributed by atoms with Crippen molar-refractivity contribution < 1.29 is 17.6 Å². The number of nitrogens with one attached hydrogen (secondary N) is 1. The Labute approximate surface area is 224 Å². The third-order valence-electron chi connectivity index (χ3n) is 5.61. The van der Waals surface area contributed by atoms with Gasteiger partial charge in [0.25, 0.3) is 5.91 Å². The number of carbonyl (C=O) groups excluding carboxylic acids is 1. The summed E-state index contributed by atoms with van der Waals surface area (Å²) in [7, 11) is -3.62. The number of amides is 1. The number of aromatic nitrogens is 2. The molecule has 0 radical (unpaired) electrons. The van der Waals surface area contributed by atoms with E-state index in [0.29, 0.717) is 36.2 Å². The van der Waals surface area contributed by atoms with Gasteiger partial charge in [-0.25, -0.2) is 8.42 Å². The standard InChI is InChI=1S/C27H36N4O4S2/c1-5-7-17-31(18-8-6-2)37(33,34)24-15-11-22(12-16-24)26(32)28-27-30-29-25(35-27)19-21-9-13-23(14-10-21)36-20(3)4/h9-16,20H,5-8,17-19H2,1-4H3,(H,28,30,32). The third kappa shape index (κ3) is 8.41. The highest BCUT2D eigenvalue weighted by Gasteiger charge is 2.24. The molecule has 8 nitrogen and oxygen atoms in total. The highest BCUT2D eigenvalue weighted by atomic mass is 32.2. The Balaban J connectivity index is 1.62. The molecule has 3 rings (SSSR count). The SMILES string of the molecule is CCCCN(CCCC)S(=O)(=O)c1ccc(C(=O)Nc2nnc(Cc3ccc(SC(C)C)cc3)o2)cc1. The Morgan fingerprint density at radius 1 is 0.973 bits per heavy atom. The van der Waals surface area contributed by atoms with E-state index in [4.69, 9.17) is 4.42 Å². The molecular weight excluding hydrogens is 508 g/mol. The lowest BCUT2D eigenvalue weighted by Crippen LogP contribution is -2.33. The average molecular weight is 545 g/mol. The summed E-state index contributed by atoms with van der Waals surface area (Å²) in [6, 6.07) is 14.1. The Morgan fingerprint density at radius 3 is 2.16 bits per heavy atom. The predicted octanol–water partition coefficient (Wildman–Crippen LogP) is 6.00. The van der Waals surface area contributed by atoms with Gasteiger partial charge >= 0.3 is 6.01 Å². The van der Waals surface area contributed by atoms with Crippen LogP contribution < -0.4 is 5.32 Å². The monoisotopic (exact) mass is 544 g/mol. The number of hydrogen-bond acceptors (Lipinski definition) is 7. The molecule has 37 heavy (non-hydrogen) atoms. The van der Waals surface area contributed by atoms with E-state index in [0.717, 1.165) is 31.2 Å². The summed E-state index contributed by atoms with van der Waals surface area (Å²) in [5, 5.41) is 11.0. The van der Waals surface area contributed by atoms with Gasteiger partial charge in [-0.2, -0.15) is 4.31 Å². The van der Waals surface area contributed by atoms with Crippen LogP contribution in [0.25, 0.3) is 0 Å². The quantitative estimate of drug-likeness (QED) is 0.248. The van der Waals surface area contributed by atoms with Crippen molar-refractivity contribution in [2.24, 2.45) is 0 Å². The molecule has 3 aromatic rings. The zero-order valence-corrected chi connectivity index (χ0v) is 23.6. The molecule has 1 N–H and O–H groups in total. The van der Waals surface area contributed by atoms with Crippen LogP contribution in [0, 0.1) is 0 Å². The molecule has 200 valence electrons. The maximum absolute atomic E-state index is 13.1. The number of thioether (sulfide) groups is 1. The molecule has 0 saturated heterocycles. The molecule has 0 atom stereocenters. The van der Waals surface area contributed by atoms with E-state index in [2.05, 4.69) is 41.5 Å². The fourth-order valence-electron chi connectivity index (χ4n) is 3.63. The number of hydrogen-bond donors (Lipinski definition) is 1. The van der Waals surface area contributed by atoms with Crippen molar-refractivity contribution in [2.75, 3.05) is 18.4 Å². The second-order valence-electron chi connectivity index (χ2n) is 9.08. The molecule has 0 unspecified atom stereocenters. The van der Waals surface area contributed by atoms with Gasteiger partial charge in [0.05, 0.1) is 11.3 Å². The van der Waals surface area contributed by atoms with Gasteiger partial charge in [0.1, 0.15) is 0 Å². The lowest BCUT2D eigenvalue weighted by Gasteiger charge is -2.22. The van der Waals surface area contributed by atoms with E-state index in [1.165, 1.54) is 33.5 Å². The molecule has 2 aromatic carbocycles. The second-order valence-corrected chi connectivity index (χ2v) is 12.7. The minimum absolute atomic E-state index is 0.00557. The number of carbonyl (C=O) groups is 1. The molecule has 0 aliphatic heterocycles. The minimum atomic E-state index is -3.62. The Kier molecular flexibility index (Phi) is 10.7. The van der Waals surface area contributed by atoms with Crippen molar-refractivity contribution >= 4 is 33.7 Å². The molecule has 0 saturated carbocycles. The van der Waals surface area contributed by atoms with E-state index in [9.17, 15) is 13.2 Å². The van der Waals surface area contributed by atoms with Crippen molar-refractivity contribution in [1.82, 2.24) is 14.5 Å². The number of rotatable bonds is 14. The minimum Gasteiger partial charge on any atom is -0.407 e.